The van der Waals surface area contributed by atoms with Crippen molar-refractivity contribution in [3.05, 3.63) is 23.8 Å². The second kappa shape index (κ2) is 3.98. The SMILES string of the molecule is CCCc1ccc(N)c(S(=O)(=O)O)c1. The Balaban J connectivity index is 3.22. The molecular weight excluding hydrogens is 202 g/mol. The van der Waals surface area contributed by atoms with Gasteiger partial charge in [-0.1, -0.05) is 19.4 Å². The third kappa shape index (κ3) is 2.46. The van der Waals surface area contributed by atoms with Crippen LogP contribution >= 0.6 is 0 Å². The van der Waals surface area contributed by atoms with Gasteiger partial charge in [0.1, 0.15) is 4.90 Å². The summed E-state index contributed by atoms with van der Waals surface area (Å²) in [5, 5.41) is 0. The van der Waals surface area contributed by atoms with Gasteiger partial charge in [0.05, 0.1) is 5.69 Å². The number of rotatable bonds is 3. The summed E-state index contributed by atoms with van der Waals surface area (Å²) in [6.45, 7) is 1.99. The summed E-state index contributed by atoms with van der Waals surface area (Å²) >= 11 is 0. The van der Waals surface area contributed by atoms with Gasteiger partial charge in [0.25, 0.3) is 10.1 Å². The van der Waals surface area contributed by atoms with E-state index in [0.29, 0.717) is 0 Å². The fraction of sp³-hybridized carbons (Fsp3) is 0.333. The molecule has 0 amide bonds. The van der Waals surface area contributed by atoms with Crippen LogP contribution in [0.1, 0.15) is 18.9 Å². The normalized spacial score (nSPS) is 11.6. The lowest BCUT2D eigenvalue weighted by Crippen LogP contribution is -2.03. The predicted octanol–water partition coefficient (Wildman–Crippen LogP) is 1.47. The highest BCUT2D eigenvalue weighted by Crippen LogP contribution is 2.20. The smallest absolute Gasteiger partial charge is 0.296 e. The summed E-state index contributed by atoms with van der Waals surface area (Å²) in [7, 11) is -4.20. The molecule has 78 valence electrons. The van der Waals surface area contributed by atoms with E-state index in [-0.39, 0.29) is 10.6 Å². The molecule has 1 aromatic carbocycles. The molecule has 3 N–H and O–H groups in total. The zero-order valence-corrected chi connectivity index (χ0v) is 8.71. The van der Waals surface area contributed by atoms with Crippen molar-refractivity contribution in [1.29, 1.82) is 0 Å². The zero-order chi connectivity index (χ0) is 10.8. The predicted molar refractivity (Wildman–Crippen MR) is 54.7 cm³/mol. The molecule has 14 heavy (non-hydrogen) atoms. The molecule has 0 saturated carbocycles. The van der Waals surface area contributed by atoms with Crippen LogP contribution in [0.25, 0.3) is 0 Å². The van der Waals surface area contributed by atoms with Crippen LogP contribution in [-0.2, 0) is 16.5 Å². The molecule has 0 atom stereocenters. The van der Waals surface area contributed by atoms with Crippen LogP contribution in [-0.4, -0.2) is 13.0 Å². The molecule has 0 spiro atoms. The Labute approximate surface area is 83.5 Å². The molecule has 1 aromatic rings. The Kier molecular flexibility index (Phi) is 3.13. The minimum atomic E-state index is -4.20. The fourth-order valence-electron chi connectivity index (χ4n) is 1.25. The molecular formula is C9H13NO3S. The van der Waals surface area contributed by atoms with Crippen molar-refractivity contribution in [3.8, 4) is 0 Å². The number of nitrogens with two attached hydrogens (primary N) is 1. The minimum Gasteiger partial charge on any atom is -0.398 e. The van der Waals surface area contributed by atoms with E-state index >= 15 is 0 Å². The van der Waals surface area contributed by atoms with Gasteiger partial charge < -0.3 is 5.73 Å². The van der Waals surface area contributed by atoms with Crippen molar-refractivity contribution < 1.29 is 13.0 Å². The van der Waals surface area contributed by atoms with Gasteiger partial charge in [-0.2, -0.15) is 8.42 Å². The van der Waals surface area contributed by atoms with E-state index in [1.165, 1.54) is 12.1 Å². The molecule has 0 radical (unpaired) electrons. The molecule has 0 aliphatic rings. The second-order valence-electron chi connectivity index (χ2n) is 3.10. The van der Waals surface area contributed by atoms with E-state index in [4.69, 9.17) is 10.3 Å². The first-order chi connectivity index (χ1) is 6.45. The summed E-state index contributed by atoms with van der Waals surface area (Å²) in [6.07, 6.45) is 1.68. The standard InChI is InChI=1S/C9H13NO3S/c1-2-3-7-4-5-8(10)9(6-7)14(11,12)13/h4-6H,2-3,10H2,1H3,(H,11,12,13). The van der Waals surface area contributed by atoms with Crippen molar-refractivity contribution in [3.63, 3.8) is 0 Å². The Morgan fingerprint density at radius 2 is 2.07 bits per heavy atom. The molecule has 0 saturated heterocycles. The Morgan fingerprint density at radius 3 is 2.57 bits per heavy atom. The fourth-order valence-corrected chi connectivity index (χ4v) is 1.91. The van der Waals surface area contributed by atoms with E-state index < -0.39 is 10.1 Å². The molecule has 1 rings (SSSR count). The number of anilines is 1. The van der Waals surface area contributed by atoms with Gasteiger partial charge in [-0.15, -0.1) is 0 Å². The third-order valence-corrected chi connectivity index (χ3v) is 2.80. The lowest BCUT2D eigenvalue weighted by Gasteiger charge is -2.04. The average Bonchev–Trinajstić information content (AvgIpc) is 2.07. The minimum absolute atomic E-state index is 0.0763. The van der Waals surface area contributed by atoms with Gasteiger partial charge in [0.15, 0.2) is 0 Å². The quantitative estimate of drug-likeness (QED) is 0.591. The Morgan fingerprint density at radius 1 is 1.43 bits per heavy atom. The summed E-state index contributed by atoms with van der Waals surface area (Å²) < 4.78 is 30.6. The molecule has 0 fully saturated rings. The lowest BCUT2D eigenvalue weighted by molar-refractivity contribution is 0.483. The Hall–Kier alpha value is -1.07. The van der Waals surface area contributed by atoms with Crippen LogP contribution in [0.4, 0.5) is 5.69 Å². The monoisotopic (exact) mass is 215 g/mol. The second-order valence-corrected chi connectivity index (χ2v) is 4.49. The molecule has 0 aromatic heterocycles. The molecule has 0 aliphatic heterocycles. The van der Waals surface area contributed by atoms with Gasteiger partial charge in [0.2, 0.25) is 0 Å². The largest absolute Gasteiger partial charge is 0.398 e. The van der Waals surface area contributed by atoms with E-state index in [2.05, 4.69) is 0 Å². The first kappa shape index (κ1) is 11.0. The highest BCUT2D eigenvalue weighted by atomic mass is 32.2. The molecule has 0 bridgehead atoms. The number of benzene rings is 1. The summed E-state index contributed by atoms with van der Waals surface area (Å²) in [6, 6.07) is 4.66. The average molecular weight is 215 g/mol. The van der Waals surface area contributed by atoms with Crippen LogP contribution in [0.15, 0.2) is 23.1 Å². The van der Waals surface area contributed by atoms with E-state index in [1.807, 2.05) is 6.92 Å². The summed E-state index contributed by atoms with van der Waals surface area (Å²) in [5.41, 5.74) is 6.36. The molecule has 5 heteroatoms. The first-order valence-electron chi connectivity index (χ1n) is 4.31. The first-order valence-corrected chi connectivity index (χ1v) is 5.75. The van der Waals surface area contributed by atoms with Gasteiger partial charge in [-0.25, -0.2) is 0 Å². The van der Waals surface area contributed by atoms with Crippen LogP contribution < -0.4 is 5.73 Å². The highest BCUT2D eigenvalue weighted by molar-refractivity contribution is 7.86. The molecule has 0 unspecified atom stereocenters. The van der Waals surface area contributed by atoms with Crippen molar-refractivity contribution in [2.45, 2.75) is 24.7 Å². The van der Waals surface area contributed by atoms with E-state index in [9.17, 15) is 8.42 Å². The van der Waals surface area contributed by atoms with Gasteiger partial charge >= 0.3 is 0 Å². The Bertz CT molecular complexity index is 426. The number of hydrogen-bond acceptors (Lipinski definition) is 3. The van der Waals surface area contributed by atoms with Crippen molar-refractivity contribution in [2.75, 3.05) is 5.73 Å². The third-order valence-electron chi connectivity index (χ3n) is 1.89. The van der Waals surface area contributed by atoms with Gasteiger partial charge in [0, 0.05) is 0 Å². The maximum absolute atomic E-state index is 10.9. The molecule has 0 heterocycles. The lowest BCUT2D eigenvalue weighted by atomic mass is 10.1. The molecule has 0 aliphatic carbocycles. The van der Waals surface area contributed by atoms with Crippen LogP contribution in [0.2, 0.25) is 0 Å². The number of nitrogen functional groups attached to an aromatic ring is 1. The molecule has 4 nitrogen and oxygen atoms in total. The topological polar surface area (TPSA) is 80.4 Å². The number of aryl methyl sites for hydroxylation is 1. The van der Waals surface area contributed by atoms with Crippen LogP contribution in [0.5, 0.6) is 0 Å². The van der Waals surface area contributed by atoms with Gasteiger partial charge in [-0.05, 0) is 24.1 Å². The van der Waals surface area contributed by atoms with E-state index in [0.717, 1.165) is 18.4 Å². The van der Waals surface area contributed by atoms with Crippen molar-refractivity contribution >= 4 is 15.8 Å². The van der Waals surface area contributed by atoms with Gasteiger partial charge in [-0.3, -0.25) is 4.55 Å². The van der Waals surface area contributed by atoms with E-state index in [1.54, 1.807) is 6.07 Å². The summed E-state index contributed by atoms with van der Waals surface area (Å²) in [5.74, 6) is 0. The maximum Gasteiger partial charge on any atom is 0.296 e. The maximum atomic E-state index is 10.9. The van der Waals surface area contributed by atoms with Crippen molar-refractivity contribution in [2.24, 2.45) is 0 Å². The van der Waals surface area contributed by atoms with Crippen LogP contribution in [0.3, 0.4) is 0 Å². The zero-order valence-electron chi connectivity index (χ0n) is 7.90. The van der Waals surface area contributed by atoms with Crippen LogP contribution in [0, 0.1) is 0 Å². The summed E-state index contributed by atoms with van der Waals surface area (Å²) in [4.78, 5) is -0.205. The number of hydrogen-bond donors (Lipinski definition) is 2. The highest BCUT2D eigenvalue weighted by Gasteiger charge is 2.13. The van der Waals surface area contributed by atoms with Crippen molar-refractivity contribution in [1.82, 2.24) is 0 Å².